The highest BCUT2D eigenvalue weighted by molar-refractivity contribution is 7.18. The summed E-state index contributed by atoms with van der Waals surface area (Å²) in [7, 11) is 1.67. The number of ether oxygens (including phenoxy) is 2. The van der Waals surface area contributed by atoms with Gasteiger partial charge in [-0.15, -0.1) is 11.3 Å². The first-order valence-electron chi connectivity index (χ1n) is 9.41. The van der Waals surface area contributed by atoms with Crippen LogP contribution in [-0.2, 0) is 16.1 Å². The quantitative estimate of drug-likeness (QED) is 0.520. The van der Waals surface area contributed by atoms with Crippen LogP contribution in [0.2, 0.25) is 0 Å². The molecule has 0 unspecified atom stereocenters. The number of esters is 1. The number of amides is 1. The van der Waals surface area contributed by atoms with Crippen molar-refractivity contribution in [2.45, 2.75) is 20.4 Å². The molecule has 3 aromatic rings. The highest BCUT2D eigenvalue weighted by Gasteiger charge is 2.16. The molecule has 0 aliphatic rings. The summed E-state index contributed by atoms with van der Waals surface area (Å²) in [4.78, 5) is 30.7. The normalized spacial score (nSPS) is 10.9. The van der Waals surface area contributed by atoms with Gasteiger partial charge >= 0.3 is 5.97 Å². The largest absolute Gasteiger partial charge is 0.493 e. The zero-order valence-corrected chi connectivity index (χ0v) is 17.6. The van der Waals surface area contributed by atoms with Gasteiger partial charge in [-0.2, -0.15) is 0 Å². The van der Waals surface area contributed by atoms with E-state index in [-0.39, 0.29) is 12.5 Å². The Hall–Kier alpha value is -2.93. The molecule has 0 aliphatic heterocycles. The molecule has 7 heteroatoms. The third-order valence-corrected chi connectivity index (χ3v) is 5.14. The number of para-hydroxylation sites is 1. The smallest absolute Gasteiger partial charge is 0.338 e. The topological polar surface area (TPSA) is 68.7 Å². The summed E-state index contributed by atoms with van der Waals surface area (Å²) in [6, 6.07) is 14.6. The van der Waals surface area contributed by atoms with Gasteiger partial charge in [0.05, 0.1) is 28.9 Å². The zero-order valence-electron chi connectivity index (χ0n) is 16.8. The number of fused-ring (bicyclic) bond motifs is 1. The molecule has 1 amide bonds. The van der Waals surface area contributed by atoms with E-state index in [9.17, 15) is 9.59 Å². The fraction of sp³-hybridized carbons (Fsp3) is 0.318. The summed E-state index contributed by atoms with van der Waals surface area (Å²) in [6.07, 6.45) is 0. The van der Waals surface area contributed by atoms with Crippen molar-refractivity contribution in [3.63, 3.8) is 0 Å². The van der Waals surface area contributed by atoms with E-state index in [4.69, 9.17) is 9.47 Å². The Labute approximate surface area is 174 Å². The molecule has 0 saturated carbocycles. The van der Waals surface area contributed by atoms with Crippen molar-refractivity contribution in [2.75, 3.05) is 20.3 Å². The molecule has 1 aromatic heterocycles. The molecule has 1 heterocycles. The first kappa shape index (κ1) is 20.8. The molecule has 2 aromatic carbocycles. The number of nitrogens with zero attached hydrogens (tertiary/aromatic N) is 2. The summed E-state index contributed by atoms with van der Waals surface area (Å²) in [6.45, 7) is 4.71. The fourth-order valence-electron chi connectivity index (χ4n) is 2.58. The molecule has 6 nitrogen and oxygen atoms in total. The molecule has 0 saturated heterocycles. The first-order chi connectivity index (χ1) is 13.9. The van der Waals surface area contributed by atoms with E-state index in [1.807, 2.05) is 24.3 Å². The minimum Gasteiger partial charge on any atom is -0.493 e. The standard InChI is InChI=1S/C22H24N2O4S/c1-15(2)13-27-17-8-6-7-16(11-17)22(26)28-14-21(25)24(3)12-20-23-18-9-4-5-10-19(18)29-20/h4-11,15H,12-14H2,1-3H3. The Bertz CT molecular complexity index is 966. The van der Waals surface area contributed by atoms with Gasteiger partial charge in [-0.05, 0) is 36.2 Å². The molecule has 0 spiro atoms. The molecular formula is C22H24N2O4S. The van der Waals surface area contributed by atoms with E-state index in [0.29, 0.717) is 30.4 Å². The lowest BCUT2D eigenvalue weighted by atomic mass is 10.2. The van der Waals surface area contributed by atoms with Crippen LogP contribution in [0.3, 0.4) is 0 Å². The average Bonchev–Trinajstić information content (AvgIpc) is 3.12. The maximum Gasteiger partial charge on any atom is 0.338 e. The predicted octanol–water partition coefficient (Wildman–Crippen LogP) is 4.15. The van der Waals surface area contributed by atoms with Crippen molar-refractivity contribution in [3.05, 3.63) is 59.1 Å². The van der Waals surface area contributed by atoms with Crippen LogP contribution in [-0.4, -0.2) is 42.0 Å². The maximum absolute atomic E-state index is 12.3. The van der Waals surface area contributed by atoms with Crippen LogP contribution in [0, 0.1) is 5.92 Å². The monoisotopic (exact) mass is 412 g/mol. The maximum atomic E-state index is 12.3. The van der Waals surface area contributed by atoms with Gasteiger partial charge in [0.1, 0.15) is 10.8 Å². The zero-order chi connectivity index (χ0) is 20.8. The lowest BCUT2D eigenvalue weighted by Crippen LogP contribution is -2.30. The Kier molecular flexibility index (Phi) is 6.82. The van der Waals surface area contributed by atoms with Crippen LogP contribution < -0.4 is 4.74 Å². The molecule has 0 bridgehead atoms. The summed E-state index contributed by atoms with van der Waals surface area (Å²) in [5.41, 5.74) is 1.27. The minimum absolute atomic E-state index is 0.287. The van der Waals surface area contributed by atoms with E-state index in [1.165, 1.54) is 4.90 Å². The molecule has 0 fully saturated rings. The number of rotatable bonds is 8. The fourth-order valence-corrected chi connectivity index (χ4v) is 3.60. The molecule has 29 heavy (non-hydrogen) atoms. The number of hydrogen-bond donors (Lipinski definition) is 0. The van der Waals surface area contributed by atoms with Gasteiger partial charge in [0.2, 0.25) is 0 Å². The van der Waals surface area contributed by atoms with Gasteiger partial charge < -0.3 is 14.4 Å². The molecule has 3 rings (SSSR count). The van der Waals surface area contributed by atoms with Gasteiger partial charge in [0.25, 0.3) is 5.91 Å². The van der Waals surface area contributed by atoms with Crippen molar-refractivity contribution in [1.82, 2.24) is 9.88 Å². The van der Waals surface area contributed by atoms with Gasteiger partial charge in [-0.1, -0.05) is 32.0 Å². The molecule has 0 radical (unpaired) electrons. The highest BCUT2D eigenvalue weighted by Crippen LogP contribution is 2.22. The molecule has 0 N–H and O–H groups in total. The molecule has 152 valence electrons. The highest BCUT2D eigenvalue weighted by atomic mass is 32.1. The van der Waals surface area contributed by atoms with Crippen LogP contribution in [0.25, 0.3) is 10.2 Å². The summed E-state index contributed by atoms with van der Waals surface area (Å²) in [5, 5.41) is 0.836. The molecule has 0 atom stereocenters. The predicted molar refractivity (Wildman–Crippen MR) is 113 cm³/mol. The number of hydrogen-bond acceptors (Lipinski definition) is 6. The van der Waals surface area contributed by atoms with Crippen LogP contribution in [0.1, 0.15) is 29.2 Å². The van der Waals surface area contributed by atoms with E-state index in [0.717, 1.165) is 15.2 Å². The number of carbonyl (C=O) groups excluding carboxylic acids is 2. The van der Waals surface area contributed by atoms with E-state index < -0.39 is 5.97 Å². The average molecular weight is 413 g/mol. The third kappa shape index (κ3) is 5.77. The minimum atomic E-state index is -0.554. The van der Waals surface area contributed by atoms with E-state index >= 15 is 0 Å². The van der Waals surface area contributed by atoms with Gasteiger partial charge in [-0.3, -0.25) is 4.79 Å². The molecule has 0 aliphatic carbocycles. The third-order valence-electron chi connectivity index (χ3n) is 4.12. The lowest BCUT2D eigenvalue weighted by molar-refractivity contribution is -0.133. The Balaban J connectivity index is 1.52. The van der Waals surface area contributed by atoms with Gasteiger partial charge in [0, 0.05) is 7.05 Å². The Morgan fingerprint density at radius 2 is 1.93 bits per heavy atom. The number of aromatic nitrogens is 1. The second-order valence-electron chi connectivity index (χ2n) is 7.13. The molecular weight excluding hydrogens is 388 g/mol. The number of thiazole rings is 1. The number of likely N-dealkylation sites (N-methyl/N-ethyl adjacent to an activating group) is 1. The number of benzene rings is 2. The van der Waals surface area contributed by atoms with Crippen molar-refractivity contribution in [2.24, 2.45) is 5.92 Å². The second kappa shape index (κ2) is 9.52. The van der Waals surface area contributed by atoms with Crippen molar-refractivity contribution < 1.29 is 19.1 Å². The second-order valence-corrected chi connectivity index (χ2v) is 8.25. The van der Waals surface area contributed by atoms with Crippen LogP contribution in [0.4, 0.5) is 0 Å². The number of carbonyl (C=O) groups is 2. The van der Waals surface area contributed by atoms with Crippen molar-refractivity contribution >= 4 is 33.4 Å². The van der Waals surface area contributed by atoms with Crippen LogP contribution >= 0.6 is 11.3 Å². The lowest BCUT2D eigenvalue weighted by Gasteiger charge is -2.15. The van der Waals surface area contributed by atoms with Crippen molar-refractivity contribution in [1.29, 1.82) is 0 Å². The van der Waals surface area contributed by atoms with Crippen LogP contribution in [0.5, 0.6) is 5.75 Å². The van der Waals surface area contributed by atoms with Gasteiger partial charge in [0.15, 0.2) is 6.61 Å². The SMILES string of the molecule is CC(C)COc1cccc(C(=O)OCC(=O)N(C)Cc2nc3ccccc3s2)c1. The Morgan fingerprint density at radius 1 is 1.14 bits per heavy atom. The summed E-state index contributed by atoms with van der Waals surface area (Å²) >= 11 is 1.55. The Morgan fingerprint density at radius 3 is 2.69 bits per heavy atom. The van der Waals surface area contributed by atoms with Crippen molar-refractivity contribution in [3.8, 4) is 5.75 Å². The first-order valence-corrected chi connectivity index (χ1v) is 10.2. The van der Waals surface area contributed by atoms with Gasteiger partial charge in [-0.25, -0.2) is 9.78 Å². The summed E-state index contributed by atoms with van der Waals surface area (Å²) in [5.74, 6) is 0.146. The summed E-state index contributed by atoms with van der Waals surface area (Å²) < 4.78 is 11.9. The van der Waals surface area contributed by atoms with E-state index in [2.05, 4.69) is 18.8 Å². The van der Waals surface area contributed by atoms with E-state index in [1.54, 1.807) is 42.6 Å². The van der Waals surface area contributed by atoms with Crippen LogP contribution in [0.15, 0.2) is 48.5 Å².